The highest BCUT2D eigenvalue weighted by Crippen LogP contribution is 2.39. The van der Waals surface area contributed by atoms with Crippen LogP contribution in [0.5, 0.6) is 0 Å². The molecule has 2 bridgehead atoms. The summed E-state index contributed by atoms with van der Waals surface area (Å²) in [5, 5.41) is 0. The van der Waals surface area contributed by atoms with Crippen LogP contribution in [0.1, 0.15) is 44.9 Å². The smallest absolute Gasteiger partial charge is 0.0412 e. The molecule has 2 radical (unpaired) electrons. The lowest BCUT2D eigenvalue weighted by Gasteiger charge is -2.33. The normalized spacial score (nSPS) is 38.4. The van der Waals surface area contributed by atoms with E-state index in [4.69, 9.17) is 0 Å². The Kier molecular flexibility index (Phi) is 2.76. The van der Waals surface area contributed by atoms with Gasteiger partial charge in [0.05, 0.1) is 0 Å². The molecule has 0 aliphatic heterocycles. The molecule has 10 heavy (non-hydrogen) atoms. The summed E-state index contributed by atoms with van der Waals surface area (Å²) < 4.78 is 0. The summed E-state index contributed by atoms with van der Waals surface area (Å²) in [4.78, 5) is 0. The average Bonchev–Trinajstić information content (AvgIpc) is 1.88. The monoisotopic (exact) mass is 138 g/mol. The van der Waals surface area contributed by atoms with Crippen LogP contribution in [0, 0.1) is 19.3 Å². The van der Waals surface area contributed by atoms with Gasteiger partial charge in [-0.15, -0.1) is 0 Å². The highest BCUT2D eigenvalue weighted by molar-refractivity contribution is 4.77. The van der Waals surface area contributed by atoms with Gasteiger partial charge in [0.25, 0.3) is 0 Å². The third kappa shape index (κ3) is 1.53. The first-order valence-electron chi connectivity index (χ1n) is 4.45. The van der Waals surface area contributed by atoms with Gasteiger partial charge in [0.15, 0.2) is 0 Å². The topological polar surface area (TPSA) is 0 Å². The molecule has 2 saturated carbocycles. The SMILES string of the molecule is C1CC2CCCC(C1)C2.[CH2]. The standard InChI is InChI=1S/C9H16.CH2/c1-3-8-5-2-6-9(4-1)7-8;/h8-9H,1-7H2;1H2. The molecule has 0 saturated heterocycles. The van der Waals surface area contributed by atoms with Crippen molar-refractivity contribution in [1.82, 2.24) is 0 Å². The summed E-state index contributed by atoms with van der Waals surface area (Å²) in [5.41, 5.74) is 0. The summed E-state index contributed by atoms with van der Waals surface area (Å²) in [6, 6.07) is 0. The van der Waals surface area contributed by atoms with Crippen LogP contribution in [0.25, 0.3) is 0 Å². The van der Waals surface area contributed by atoms with Crippen molar-refractivity contribution >= 4 is 0 Å². The fourth-order valence-corrected chi connectivity index (χ4v) is 2.62. The van der Waals surface area contributed by atoms with Gasteiger partial charge in [0.1, 0.15) is 0 Å². The molecule has 0 heteroatoms. The van der Waals surface area contributed by atoms with E-state index in [0.29, 0.717) is 0 Å². The van der Waals surface area contributed by atoms with E-state index in [9.17, 15) is 0 Å². The fraction of sp³-hybridized carbons (Fsp3) is 0.900. The van der Waals surface area contributed by atoms with E-state index < -0.39 is 0 Å². The molecule has 2 fully saturated rings. The highest BCUT2D eigenvalue weighted by Gasteiger charge is 2.25. The number of hydrogen-bond acceptors (Lipinski definition) is 0. The van der Waals surface area contributed by atoms with E-state index >= 15 is 0 Å². The number of fused-ring (bicyclic) bond motifs is 2. The van der Waals surface area contributed by atoms with Crippen LogP contribution in [-0.4, -0.2) is 0 Å². The van der Waals surface area contributed by atoms with E-state index in [1.165, 1.54) is 12.8 Å². The lowest BCUT2D eigenvalue weighted by atomic mass is 9.72. The van der Waals surface area contributed by atoms with E-state index in [1.54, 1.807) is 32.1 Å². The van der Waals surface area contributed by atoms with E-state index in [2.05, 4.69) is 0 Å². The summed E-state index contributed by atoms with van der Waals surface area (Å²) in [5.74, 6) is 2.30. The first-order valence-corrected chi connectivity index (χ1v) is 4.45. The van der Waals surface area contributed by atoms with Gasteiger partial charge in [-0.05, 0) is 18.3 Å². The van der Waals surface area contributed by atoms with Gasteiger partial charge >= 0.3 is 0 Å². The Balaban J connectivity index is 0.000000500. The third-order valence-electron chi connectivity index (χ3n) is 3.12. The number of hydrogen-bond donors (Lipinski definition) is 0. The summed E-state index contributed by atoms with van der Waals surface area (Å²) in [6.45, 7) is 0. The zero-order valence-corrected chi connectivity index (χ0v) is 6.81. The molecule has 0 aromatic carbocycles. The van der Waals surface area contributed by atoms with E-state index in [-0.39, 0.29) is 7.43 Å². The van der Waals surface area contributed by atoms with Crippen molar-refractivity contribution in [2.75, 3.05) is 0 Å². The largest absolute Gasteiger partial charge is 0.0533 e. The molecule has 0 amide bonds. The molecular formula is C10H18. The molecule has 0 nitrogen and oxygen atoms in total. The lowest BCUT2D eigenvalue weighted by Crippen LogP contribution is -2.20. The maximum absolute atomic E-state index is 1.58. The van der Waals surface area contributed by atoms with Gasteiger partial charge in [-0.2, -0.15) is 0 Å². The Morgan fingerprint density at radius 3 is 1.40 bits per heavy atom. The van der Waals surface area contributed by atoms with Crippen molar-refractivity contribution in [3.63, 3.8) is 0 Å². The molecule has 0 unspecified atom stereocenters. The van der Waals surface area contributed by atoms with Crippen molar-refractivity contribution in [2.24, 2.45) is 11.8 Å². The second kappa shape index (κ2) is 3.41. The second-order valence-corrected chi connectivity index (χ2v) is 3.83. The van der Waals surface area contributed by atoms with Crippen molar-refractivity contribution in [3.05, 3.63) is 7.43 Å². The molecule has 58 valence electrons. The van der Waals surface area contributed by atoms with Gasteiger partial charge in [0, 0.05) is 0 Å². The summed E-state index contributed by atoms with van der Waals surface area (Å²) >= 11 is 0. The van der Waals surface area contributed by atoms with Crippen LogP contribution >= 0.6 is 0 Å². The molecule has 0 N–H and O–H groups in total. The predicted molar refractivity (Wildman–Crippen MR) is 44.7 cm³/mol. The van der Waals surface area contributed by atoms with Crippen LogP contribution in [0.2, 0.25) is 0 Å². The molecule has 2 rings (SSSR count). The zero-order chi connectivity index (χ0) is 6.10. The maximum Gasteiger partial charge on any atom is -0.0412 e. The van der Waals surface area contributed by atoms with Crippen LogP contribution < -0.4 is 0 Å². The molecule has 2 aliphatic carbocycles. The Morgan fingerprint density at radius 2 is 1.10 bits per heavy atom. The molecule has 2 aliphatic rings. The van der Waals surface area contributed by atoms with E-state index in [1.807, 2.05) is 0 Å². The van der Waals surface area contributed by atoms with Crippen LogP contribution in [0.3, 0.4) is 0 Å². The Morgan fingerprint density at radius 1 is 0.700 bits per heavy atom. The van der Waals surface area contributed by atoms with Crippen molar-refractivity contribution in [3.8, 4) is 0 Å². The molecule has 0 aromatic heterocycles. The Bertz CT molecular complexity index is 76.2. The lowest BCUT2D eigenvalue weighted by molar-refractivity contribution is 0.190. The van der Waals surface area contributed by atoms with Crippen molar-refractivity contribution in [1.29, 1.82) is 0 Å². The van der Waals surface area contributed by atoms with Gasteiger partial charge in [-0.1, -0.05) is 46.0 Å². The highest BCUT2D eigenvalue weighted by atomic mass is 14.3. The zero-order valence-electron chi connectivity index (χ0n) is 6.81. The minimum Gasteiger partial charge on any atom is -0.0533 e. The van der Waals surface area contributed by atoms with Crippen LogP contribution in [0.15, 0.2) is 0 Å². The summed E-state index contributed by atoms with van der Waals surface area (Å²) in [7, 11) is 0. The fourth-order valence-electron chi connectivity index (χ4n) is 2.62. The average molecular weight is 138 g/mol. The predicted octanol–water partition coefficient (Wildman–Crippen LogP) is 3.30. The maximum atomic E-state index is 1.58. The first kappa shape index (κ1) is 8.10. The molecule has 0 aromatic rings. The molecule has 0 atom stereocenters. The van der Waals surface area contributed by atoms with Gasteiger partial charge in [0.2, 0.25) is 0 Å². The second-order valence-electron chi connectivity index (χ2n) is 3.83. The van der Waals surface area contributed by atoms with Gasteiger partial charge in [-0.25, -0.2) is 0 Å². The van der Waals surface area contributed by atoms with Crippen LogP contribution in [0.4, 0.5) is 0 Å². The van der Waals surface area contributed by atoms with Gasteiger partial charge < -0.3 is 0 Å². The first-order chi connectivity index (χ1) is 4.45. The molecule has 0 heterocycles. The Hall–Kier alpha value is 0. The number of rotatable bonds is 0. The molecular weight excluding hydrogens is 120 g/mol. The van der Waals surface area contributed by atoms with Crippen molar-refractivity contribution < 1.29 is 0 Å². The Labute approximate surface area is 65.0 Å². The van der Waals surface area contributed by atoms with Crippen molar-refractivity contribution in [2.45, 2.75) is 44.9 Å². The van der Waals surface area contributed by atoms with Crippen LogP contribution in [-0.2, 0) is 0 Å². The minimum atomic E-state index is 0. The van der Waals surface area contributed by atoms with Gasteiger partial charge in [-0.3, -0.25) is 0 Å². The molecule has 0 spiro atoms. The third-order valence-corrected chi connectivity index (χ3v) is 3.12. The summed E-state index contributed by atoms with van der Waals surface area (Å²) in [6.07, 6.45) is 10.9. The van der Waals surface area contributed by atoms with E-state index in [0.717, 1.165) is 11.8 Å². The minimum absolute atomic E-state index is 0. The quantitative estimate of drug-likeness (QED) is 0.482.